The van der Waals surface area contributed by atoms with Gasteiger partial charge in [0, 0.05) is 10.0 Å². The number of amides is 1. The molecule has 1 aliphatic heterocycles. The molecule has 1 heterocycles. The number of rotatable bonds is 1. The summed E-state index contributed by atoms with van der Waals surface area (Å²) in [5.74, 6) is -0.411. The van der Waals surface area contributed by atoms with Crippen molar-refractivity contribution in [3.8, 4) is 0 Å². The summed E-state index contributed by atoms with van der Waals surface area (Å²) in [5, 5.41) is 0.509. The summed E-state index contributed by atoms with van der Waals surface area (Å²) in [5.41, 5.74) is 5.92. The van der Waals surface area contributed by atoms with Gasteiger partial charge in [0.1, 0.15) is 0 Å². The lowest BCUT2D eigenvalue weighted by molar-refractivity contribution is -0.122. The standard InChI is InChI=1S/C9H6BrClN2O2/c10-5-2-1-4(3-6(5)11)7-8(14)13-9(12)15-7/h1-3,7H,(H2,12,13,14). The second-order valence-electron chi connectivity index (χ2n) is 2.96. The van der Waals surface area contributed by atoms with Crippen molar-refractivity contribution >= 4 is 39.5 Å². The maximum atomic E-state index is 11.3. The quantitative estimate of drug-likeness (QED) is 0.860. The number of nitrogens with two attached hydrogens (primary N) is 1. The Morgan fingerprint density at radius 2 is 2.27 bits per heavy atom. The molecular formula is C9H6BrClN2O2. The van der Waals surface area contributed by atoms with Crippen molar-refractivity contribution in [3.63, 3.8) is 0 Å². The summed E-state index contributed by atoms with van der Waals surface area (Å²) in [6.07, 6.45) is -0.768. The van der Waals surface area contributed by atoms with Gasteiger partial charge in [0.05, 0.1) is 5.02 Å². The van der Waals surface area contributed by atoms with E-state index in [4.69, 9.17) is 22.1 Å². The van der Waals surface area contributed by atoms with Crippen LogP contribution in [0.2, 0.25) is 5.02 Å². The van der Waals surface area contributed by atoms with Gasteiger partial charge in [-0.05, 0) is 28.1 Å². The lowest BCUT2D eigenvalue weighted by Crippen LogP contribution is -2.13. The van der Waals surface area contributed by atoms with Crippen molar-refractivity contribution in [2.24, 2.45) is 10.7 Å². The highest BCUT2D eigenvalue weighted by molar-refractivity contribution is 9.10. The minimum Gasteiger partial charge on any atom is -0.447 e. The first-order valence-electron chi connectivity index (χ1n) is 4.07. The molecule has 1 aromatic carbocycles. The average molecular weight is 290 g/mol. The topological polar surface area (TPSA) is 64.7 Å². The zero-order valence-electron chi connectivity index (χ0n) is 7.41. The van der Waals surface area contributed by atoms with Gasteiger partial charge in [-0.15, -0.1) is 0 Å². The Balaban J connectivity index is 2.32. The minimum absolute atomic E-state index is 0.107. The lowest BCUT2D eigenvalue weighted by Gasteiger charge is -2.09. The molecule has 0 bridgehead atoms. The molecule has 1 unspecified atom stereocenters. The zero-order chi connectivity index (χ0) is 11.0. The van der Waals surface area contributed by atoms with Crippen molar-refractivity contribution in [2.45, 2.75) is 6.10 Å². The van der Waals surface area contributed by atoms with E-state index >= 15 is 0 Å². The second-order valence-corrected chi connectivity index (χ2v) is 4.22. The summed E-state index contributed by atoms with van der Waals surface area (Å²) in [6.45, 7) is 0. The van der Waals surface area contributed by atoms with Gasteiger partial charge in [0.2, 0.25) is 6.10 Å². The van der Waals surface area contributed by atoms with Gasteiger partial charge in [0.25, 0.3) is 11.9 Å². The van der Waals surface area contributed by atoms with Gasteiger partial charge in [-0.3, -0.25) is 4.79 Å². The molecule has 2 N–H and O–H groups in total. The molecule has 1 amide bonds. The van der Waals surface area contributed by atoms with Crippen molar-refractivity contribution in [2.75, 3.05) is 0 Å². The first-order chi connectivity index (χ1) is 7.08. The Bertz CT molecular complexity index is 461. The van der Waals surface area contributed by atoms with Crippen LogP contribution >= 0.6 is 27.5 Å². The fraction of sp³-hybridized carbons (Fsp3) is 0.111. The maximum absolute atomic E-state index is 11.3. The Kier molecular flexibility index (Phi) is 2.67. The molecule has 6 heteroatoms. The molecule has 1 aromatic rings. The largest absolute Gasteiger partial charge is 0.447 e. The molecule has 0 saturated carbocycles. The molecule has 0 aliphatic carbocycles. The molecule has 4 nitrogen and oxygen atoms in total. The Labute approximate surface area is 99.2 Å². The van der Waals surface area contributed by atoms with Gasteiger partial charge in [-0.2, -0.15) is 4.99 Å². The van der Waals surface area contributed by atoms with E-state index in [1.54, 1.807) is 18.2 Å². The molecule has 15 heavy (non-hydrogen) atoms. The lowest BCUT2D eigenvalue weighted by atomic mass is 10.1. The summed E-state index contributed by atoms with van der Waals surface area (Å²) < 4.78 is 5.82. The third-order valence-electron chi connectivity index (χ3n) is 1.93. The number of aliphatic imine (C=N–C) groups is 1. The maximum Gasteiger partial charge on any atom is 0.296 e. The van der Waals surface area contributed by atoms with Gasteiger partial charge in [-0.25, -0.2) is 0 Å². The van der Waals surface area contributed by atoms with E-state index in [-0.39, 0.29) is 6.02 Å². The number of ether oxygens (including phenoxy) is 1. The Hall–Kier alpha value is -1.07. The van der Waals surface area contributed by atoms with Crippen LogP contribution < -0.4 is 5.73 Å². The first kappa shape index (κ1) is 10.4. The molecule has 0 spiro atoms. The van der Waals surface area contributed by atoms with Crippen LogP contribution in [0.4, 0.5) is 0 Å². The number of amidine groups is 1. The van der Waals surface area contributed by atoms with Crippen molar-refractivity contribution in [1.29, 1.82) is 0 Å². The van der Waals surface area contributed by atoms with Crippen LogP contribution in [0.25, 0.3) is 0 Å². The van der Waals surface area contributed by atoms with Crippen molar-refractivity contribution < 1.29 is 9.53 Å². The number of benzene rings is 1. The molecule has 0 aromatic heterocycles. The van der Waals surface area contributed by atoms with Crippen LogP contribution in [0.3, 0.4) is 0 Å². The van der Waals surface area contributed by atoms with E-state index in [2.05, 4.69) is 20.9 Å². The van der Waals surface area contributed by atoms with Gasteiger partial charge in [0.15, 0.2) is 0 Å². The number of nitrogens with zero attached hydrogens (tertiary/aromatic N) is 1. The van der Waals surface area contributed by atoms with Gasteiger partial charge in [-0.1, -0.05) is 17.7 Å². The monoisotopic (exact) mass is 288 g/mol. The third-order valence-corrected chi connectivity index (χ3v) is 3.16. The fourth-order valence-electron chi connectivity index (χ4n) is 1.25. The number of hydrogen-bond acceptors (Lipinski definition) is 3. The van der Waals surface area contributed by atoms with E-state index in [9.17, 15) is 4.79 Å². The highest BCUT2D eigenvalue weighted by atomic mass is 79.9. The third kappa shape index (κ3) is 1.98. The molecule has 0 fully saturated rings. The summed E-state index contributed by atoms with van der Waals surface area (Å²) in [7, 11) is 0. The molecule has 78 valence electrons. The van der Waals surface area contributed by atoms with E-state index in [0.717, 1.165) is 4.47 Å². The molecule has 1 atom stereocenters. The summed E-state index contributed by atoms with van der Waals surface area (Å²) in [6, 6.07) is 5.00. The van der Waals surface area contributed by atoms with E-state index < -0.39 is 12.0 Å². The molecule has 0 saturated heterocycles. The number of hydrogen-bond donors (Lipinski definition) is 1. The summed E-state index contributed by atoms with van der Waals surface area (Å²) >= 11 is 9.15. The number of halogens is 2. The van der Waals surface area contributed by atoms with Crippen LogP contribution in [0.15, 0.2) is 27.7 Å². The van der Waals surface area contributed by atoms with E-state index in [1.165, 1.54) is 0 Å². The highest BCUT2D eigenvalue weighted by Gasteiger charge is 2.29. The van der Waals surface area contributed by atoms with Crippen LogP contribution in [0.1, 0.15) is 11.7 Å². The Morgan fingerprint density at radius 3 is 2.80 bits per heavy atom. The average Bonchev–Trinajstić information content (AvgIpc) is 2.50. The smallest absolute Gasteiger partial charge is 0.296 e. The predicted molar refractivity (Wildman–Crippen MR) is 59.6 cm³/mol. The predicted octanol–water partition coefficient (Wildman–Crippen LogP) is 2.02. The fourth-order valence-corrected chi connectivity index (χ4v) is 1.69. The number of carbonyl (C=O) groups excluding carboxylic acids is 1. The van der Waals surface area contributed by atoms with E-state index in [1.807, 2.05) is 0 Å². The second kappa shape index (κ2) is 3.83. The van der Waals surface area contributed by atoms with Crippen LogP contribution in [0.5, 0.6) is 0 Å². The van der Waals surface area contributed by atoms with Gasteiger partial charge < -0.3 is 10.5 Å². The SMILES string of the molecule is NC1=NC(=O)C(c2ccc(Br)c(Cl)c2)O1. The van der Waals surface area contributed by atoms with E-state index in [0.29, 0.717) is 10.6 Å². The first-order valence-corrected chi connectivity index (χ1v) is 5.24. The van der Waals surface area contributed by atoms with Crippen LogP contribution in [-0.4, -0.2) is 11.9 Å². The zero-order valence-corrected chi connectivity index (χ0v) is 9.75. The molecular weight excluding hydrogens is 283 g/mol. The number of carbonyl (C=O) groups is 1. The summed E-state index contributed by atoms with van der Waals surface area (Å²) in [4.78, 5) is 14.8. The van der Waals surface area contributed by atoms with Crippen LogP contribution in [0, 0.1) is 0 Å². The molecule has 2 rings (SSSR count). The van der Waals surface area contributed by atoms with Gasteiger partial charge >= 0.3 is 0 Å². The van der Waals surface area contributed by atoms with Crippen LogP contribution in [-0.2, 0) is 9.53 Å². The molecule has 1 aliphatic rings. The van der Waals surface area contributed by atoms with Crippen molar-refractivity contribution in [1.82, 2.24) is 0 Å². The molecule has 0 radical (unpaired) electrons. The highest BCUT2D eigenvalue weighted by Crippen LogP contribution is 2.29. The minimum atomic E-state index is -0.768. The normalized spacial score (nSPS) is 20.0. The Morgan fingerprint density at radius 1 is 1.53 bits per heavy atom. The van der Waals surface area contributed by atoms with Crippen molar-refractivity contribution in [3.05, 3.63) is 33.3 Å².